The molecule has 1 N–H and O–H groups in total. The fourth-order valence-corrected chi connectivity index (χ4v) is 2.29. The highest BCUT2D eigenvalue weighted by atomic mass is 79.9. The van der Waals surface area contributed by atoms with Gasteiger partial charge in [-0.25, -0.2) is 0 Å². The lowest BCUT2D eigenvalue weighted by Crippen LogP contribution is -2.27. The molecular weight excluding hydrogens is 371 g/mol. The molecule has 1 aromatic carbocycles. The number of carbonyl (C=O) groups excluding carboxylic acids is 1. The van der Waals surface area contributed by atoms with Crippen LogP contribution in [0.4, 0.5) is 13.2 Å². The van der Waals surface area contributed by atoms with Crippen LogP contribution >= 0.6 is 27.5 Å². The summed E-state index contributed by atoms with van der Waals surface area (Å²) in [6.07, 6.45) is -3.07. The van der Waals surface area contributed by atoms with Crippen molar-refractivity contribution in [2.45, 2.75) is 25.9 Å². The van der Waals surface area contributed by atoms with Crippen LogP contribution in [0, 0.1) is 5.92 Å². The van der Waals surface area contributed by atoms with Gasteiger partial charge in [-0.15, -0.1) is 11.6 Å². The summed E-state index contributed by atoms with van der Waals surface area (Å²) in [4.78, 5) is 11.9. The number of rotatable bonds is 6. The Morgan fingerprint density at radius 1 is 1.43 bits per heavy atom. The summed E-state index contributed by atoms with van der Waals surface area (Å²) in [5.74, 6) is 0.133. The maximum absolute atomic E-state index is 12.9. The molecule has 1 unspecified atom stereocenters. The first-order valence-electron chi connectivity index (χ1n) is 6.46. The van der Waals surface area contributed by atoms with Crippen molar-refractivity contribution < 1.29 is 18.0 Å². The monoisotopic (exact) mass is 385 g/mol. The Labute approximate surface area is 135 Å². The van der Waals surface area contributed by atoms with Crippen LogP contribution in [0.5, 0.6) is 0 Å². The fraction of sp³-hybridized carbons (Fsp3) is 0.500. The summed E-state index contributed by atoms with van der Waals surface area (Å²) in [5.41, 5.74) is -1.31. The van der Waals surface area contributed by atoms with Crippen LogP contribution in [0.25, 0.3) is 0 Å². The molecule has 118 valence electrons. The van der Waals surface area contributed by atoms with Crippen LogP contribution in [-0.4, -0.2) is 18.3 Å². The summed E-state index contributed by atoms with van der Waals surface area (Å²) >= 11 is 8.64. The molecule has 0 aliphatic carbocycles. The van der Waals surface area contributed by atoms with Crippen LogP contribution in [-0.2, 0) is 6.18 Å². The molecule has 1 aromatic rings. The minimum absolute atomic E-state index is 0.280. The van der Waals surface area contributed by atoms with Gasteiger partial charge in [0.15, 0.2) is 0 Å². The third kappa shape index (κ3) is 5.87. The Kier molecular flexibility index (Phi) is 7.00. The van der Waals surface area contributed by atoms with Crippen molar-refractivity contribution in [2.75, 3.05) is 12.4 Å². The molecule has 7 heteroatoms. The van der Waals surface area contributed by atoms with E-state index >= 15 is 0 Å². The molecule has 1 atom stereocenters. The van der Waals surface area contributed by atoms with E-state index in [1.54, 1.807) is 0 Å². The van der Waals surface area contributed by atoms with E-state index < -0.39 is 17.6 Å². The minimum atomic E-state index is -4.57. The highest BCUT2D eigenvalue weighted by Gasteiger charge is 2.35. The number of nitrogens with one attached hydrogen (secondary N) is 1. The van der Waals surface area contributed by atoms with Crippen molar-refractivity contribution >= 4 is 33.4 Å². The topological polar surface area (TPSA) is 29.1 Å². The van der Waals surface area contributed by atoms with Gasteiger partial charge in [-0.1, -0.05) is 22.9 Å². The SMILES string of the molecule is CC(CCl)CCCNC(=O)c1ccc(Br)cc1C(F)(F)F. The molecular formula is C14H16BrClF3NO. The summed E-state index contributed by atoms with van der Waals surface area (Å²) < 4.78 is 39.0. The van der Waals surface area contributed by atoms with Crippen LogP contribution in [0.1, 0.15) is 35.7 Å². The summed E-state index contributed by atoms with van der Waals surface area (Å²) in [6, 6.07) is 3.49. The van der Waals surface area contributed by atoms with Crippen LogP contribution in [0.3, 0.4) is 0 Å². The predicted molar refractivity (Wildman–Crippen MR) is 80.6 cm³/mol. The molecule has 1 amide bonds. The quantitative estimate of drug-likeness (QED) is 0.549. The number of halogens is 5. The van der Waals surface area contributed by atoms with E-state index in [2.05, 4.69) is 21.2 Å². The summed E-state index contributed by atoms with van der Waals surface area (Å²) in [7, 11) is 0. The van der Waals surface area contributed by atoms with Gasteiger partial charge in [0.1, 0.15) is 0 Å². The van der Waals surface area contributed by atoms with Crippen molar-refractivity contribution in [2.24, 2.45) is 5.92 Å². The van der Waals surface area contributed by atoms with Gasteiger partial charge in [0, 0.05) is 16.9 Å². The molecule has 1 rings (SSSR count). The first-order chi connectivity index (χ1) is 9.75. The molecule has 0 bridgehead atoms. The second-order valence-electron chi connectivity index (χ2n) is 4.85. The van der Waals surface area contributed by atoms with Crippen molar-refractivity contribution in [3.63, 3.8) is 0 Å². The summed E-state index contributed by atoms with van der Waals surface area (Å²) in [5, 5.41) is 2.51. The Bertz CT molecular complexity index is 494. The first kappa shape index (κ1) is 18.3. The molecule has 0 aliphatic heterocycles. The highest BCUT2D eigenvalue weighted by Crippen LogP contribution is 2.33. The van der Waals surface area contributed by atoms with E-state index in [0.29, 0.717) is 24.8 Å². The lowest BCUT2D eigenvalue weighted by molar-refractivity contribution is -0.138. The van der Waals surface area contributed by atoms with Crippen LogP contribution < -0.4 is 5.32 Å². The van der Waals surface area contributed by atoms with Gasteiger partial charge in [-0.3, -0.25) is 4.79 Å². The van der Waals surface area contributed by atoms with Crippen LogP contribution in [0.15, 0.2) is 22.7 Å². The van der Waals surface area contributed by atoms with Gasteiger partial charge in [-0.05, 0) is 37.0 Å². The van der Waals surface area contributed by atoms with Gasteiger partial charge >= 0.3 is 6.18 Å². The van der Waals surface area contributed by atoms with Gasteiger partial charge < -0.3 is 5.32 Å². The Morgan fingerprint density at radius 2 is 2.10 bits per heavy atom. The van der Waals surface area contributed by atoms with Crippen molar-refractivity contribution in [1.29, 1.82) is 0 Å². The third-order valence-electron chi connectivity index (χ3n) is 2.95. The van der Waals surface area contributed by atoms with E-state index in [0.717, 1.165) is 12.5 Å². The molecule has 0 radical (unpaired) electrons. The van der Waals surface area contributed by atoms with Crippen LogP contribution in [0.2, 0.25) is 0 Å². The largest absolute Gasteiger partial charge is 0.417 e. The standard InChI is InChI=1S/C14H16BrClF3NO/c1-9(8-16)3-2-6-20-13(21)11-5-4-10(15)7-12(11)14(17,18)19/h4-5,7,9H,2-3,6,8H2,1H3,(H,20,21). The van der Waals surface area contributed by atoms with Crippen molar-refractivity contribution in [3.05, 3.63) is 33.8 Å². The molecule has 0 aliphatic rings. The van der Waals surface area contributed by atoms with Gasteiger partial charge in [0.2, 0.25) is 0 Å². The predicted octanol–water partition coefficient (Wildman–Crippen LogP) is 4.85. The second kappa shape index (κ2) is 8.03. The number of hydrogen-bond donors (Lipinski definition) is 1. The van der Waals surface area contributed by atoms with E-state index in [9.17, 15) is 18.0 Å². The molecule has 0 heterocycles. The third-order valence-corrected chi connectivity index (χ3v) is 3.97. The lowest BCUT2D eigenvalue weighted by Gasteiger charge is -2.13. The maximum atomic E-state index is 12.9. The Balaban J connectivity index is 2.70. The van der Waals surface area contributed by atoms with Gasteiger partial charge in [0.25, 0.3) is 5.91 Å². The van der Waals surface area contributed by atoms with E-state index in [-0.39, 0.29) is 10.0 Å². The molecule has 0 spiro atoms. The molecule has 0 saturated heterocycles. The second-order valence-corrected chi connectivity index (χ2v) is 6.07. The Hall–Kier alpha value is -0.750. The minimum Gasteiger partial charge on any atom is -0.352 e. The number of amides is 1. The normalized spacial score (nSPS) is 13.0. The molecule has 0 aromatic heterocycles. The zero-order chi connectivity index (χ0) is 16.0. The van der Waals surface area contributed by atoms with Crippen molar-refractivity contribution in [3.8, 4) is 0 Å². The molecule has 21 heavy (non-hydrogen) atoms. The lowest BCUT2D eigenvalue weighted by atomic mass is 10.1. The molecule has 2 nitrogen and oxygen atoms in total. The molecule has 0 saturated carbocycles. The first-order valence-corrected chi connectivity index (χ1v) is 7.79. The summed E-state index contributed by atoms with van der Waals surface area (Å²) in [6.45, 7) is 2.30. The van der Waals surface area contributed by atoms with Crippen molar-refractivity contribution in [1.82, 2.24) is 5.32 Å². The van der Waals surface area contributed by atoms with Gasteiger partial charge in [0.05, 0.1) is 11.1 Å². The fourth-order valence-electron chi connectivity index (χ4n) is 1.77. The number of hydrogen-bond acceptors (Lipinski definition) is 1. The number of benzene rings is 1. The number of carbonyl (C=O) groups is 1. The zero-order valence-corrected chi connectivity index (χ0v) is 13.8. The van der Waals surface area contributed by atoms with E-state index in [1.165, 1.54) is 12.1 Å². The van der Waals surface area contributed by atoms with E-state index in [1.807, 2.05) is 6.92 Å². The smallest absolute Gasteiger partial charge is 0.352 e. The average molecular weight is 387 g/mol. The average Bonchev–Trinajstić information content (AvgIpc) is 2.41. The van der Waals surface area contributed by atoms with E-state index in [4.69, 9.17) is 11.6 Å². The van der Waals surface area contributed by atoms with Gasteiger partial charge in [-0.2, -0.15) is 13.2 Å². The zero-order valence-electron chi connectivity index (χ0n) is 11.4. The highest BCUT2D eigenvalue weighted by molar-refractivity contribution is 9.10. The number of alkyl halides is 4. The molecule has 0 fully saturated rings. The Morgan fingerprint density at radius 3 is 2.67 bits per heavy atom. The maximum Gasteiger partial charge on any atom is 0.417 e.